The minimum atomic E-state index is -0.873. The Morgan fingerprint density at radius 1 is 1.19 bits per heavy atom. The van der Waals surface area contributed by atoms with Gasteiger partial charge < -0.3 is 19.8 Å². The van der Waals surface area contributed by atoms with E-state index >= 15 is 0 Å². The second kappa shape index (κ2) is 10.4. The molecule has 3 saturated heterocycles. The second-order valence-electron chi connectivity index (χ2n) is 8.57. The van der Waals surface area contributed by atoms with Crippen molar-refractivity contribution in [2.45, 2.75) is 44.3 Å². The number of cyclic esters (lactones) is 1. The number of hydrogen-bond acceptors (Lipinski definition) is 6. The number of amides is 1. The summed E-state index contributed by atoms with van der Waals surface area (Å²) in [5, 5.41) is 16.5. The van der Waals surface area contributed by atoms with E-state index in [1.807, 2.05) is 0 Å². The standard InChI is InChI=1S/C21H26F2N2O4.CH2O2/c22-14-1-2-17(18(23)11-14)19(27)25-9-5-21(6-10-25)12-16(29-20(21)28)13-24-7-3-15(26)4-8-24;2-1-3/h1-2,11,15-16,26H,3-10,12-13H2;1H,(H,2,3). The topological polar surface area (TPSA) is 107 Å². The van der Waals surface area contributed by atoms with Crippen LogP contribution in [0.25, 0.3) is 0 Å². The molecule has 0 bridgehead atoms. The van der Waals surface area contributed by atoms with E-state index in [1.165, 1.54) is 4.90 Å². The normalized spacial score (nSPS) is 23.4. The molecular formula is C22H28F2N2O6. The van der Waals surface area contributed by atoms with E-state index in [0.29, 0.717) is 45.0 Å². The average molecular weight is 454 g/mol. The molecule has 0 saturated carbocycles. The highest BCUT2D eigenvalue weighted by Crippen LogP contribution is 2.43. The number of aliphatic hydroxyl groups excluding tert-OH is 1. The second-order valence-corrected chi connectivity index (χ2v) is 8.57. The highest BCUT2D eigenvalue weighted by molar-refractivity contribution is 5.94. The van der Waals surface area contributed by atoms with E-state index in [4.69, 9.17) is 14.6 Å². The Morgan fingerprint density at radius 2 is 1.81 bits per heavy atom. The van der Waals surface area contributed by atoms with Crippen LogP contribution in [-0.4, -0.2) is 83.3 Å². The van der Waals surface area contributed by atoms with Crippen LogP contribution in [0.5, 0.6) is 0 Å². The lowest BCUT2D eigenvalue weighted by atomic mass is 9.76. The van der Waals surface area contributed by atoms with E-state index in [2.05, 4.69) is 4.90 Å². The number of esters is 1. The number of rotatable bonds is 3. The van der Waals surface area contributed by atoms with Crippen LogP contribution >= 0.6 is 0 Å². The Balaban J connectivity index is 0.000000913. The number of carbonyl (C=O) groups excluding carboxylic acids is 2. The molecular weight excluding hydrogens is 426 g/mol. The first-order valence-corrected chi connectivity index (χ1v) is 10.7. The van der Waals surface area contributed by atoms with Crippen molar-refractivity contribution in [2.24, 2.45) is 5.41 Å². The summed E-state index contributed by atoms with van der Waals surface area (Å²) in [6.45, 7) is 2.70. The van der Waals surface area contributed by atoms with Gasteiger partial charge in [0.05, 0.1) is 17.1 Å². The first-order chi connectivity index (χ1) is 15.3. The first kappa shape index (κ1) is 24.1. The monoisotopic (exact) mass is 454 g/mol. The van der Waals surface area contributed by atoms with Crippen LogP contribution in [0.15, 0.2) is 18.2 Å². The van der Waals surface area contributed by atoms with Crippen molar-refractivity contribution in [2.75, 3.05) is 32.7 Å². The van der Waals surface area contributed by atoms with Crippen LogP contribution in [0.3, 0.4) is 0 Å². The van der Waals surface area contributed by atoms with Gasteiger partial charge in [-0.05, 0) is 37.8 Å². The van der Waals surface area contributed by atoms with Crippen LogP contribution in [0, 0.1) is 17.0 Å². The summed E-state index contributed by atoms with van der Waals surface area (Å²) in [5.74, 6) is -2.28. The number of halogens is 2. The molecule has 1 aromatic carbocycles. The number of carboxylic acid groups (broad SMARTS) is 1. The van der Waals surface area contributed by atoms with Gasteiger partial charge in [-0.2, -0.15) is 0 Å². The summed E-state index contributed by atoms with van der Waals surface area (Å²) in [4.78, 5) is 37.3. The average Bonchev–Trinajstić information content (AvgIpc) is 3.05. The predicted molar refractivity (Wildman–Crippen MR) is 109 cm³/mol. The molecule has 3 aliphatic rings. The van der Waals surface area contributed by atoms with Gasteiger partial charge in [0, 0.05) is 45.2 Å². The third-order valence-corrected chi connectivity index (χ3v) is 6.51. The van der Waals surface area contributed by atoms with Gasteiger partial charge in [0.2, 0.25) is 0 Å². The summed E-state index contributed by atoms with van der Waals surface area (Å²) in [6.07, 6.45) is 2.65. The number of benzene rings is 1. The van der Waals surface area contributed by atoms with Crippen molar-refractivity contribution in [3.63, 3.8) is 0 Å². The van der Waals surface area contributed by atoms with Gasteiger partial charge in [-0.3, -0.25) is 19.3 Å². The van der Waals surface area contributed by atoms with Crippen molar-refractivity contribution in [1.29, 1.82) is 0 Å². The molecule has 176 valence electrons. The molecule has 2 N–H and O–H groups in total. The van der Waals surface area contributed by atoms with Crippen LogP contribution in [0.1, 0.15) is 42.5 Å². The Hall–Kier alpha value is -2.59. The van der Waals surface area contributed by atoms with Gasteiger partial charge in [0.1, 0.15) is 17.7 Å². The molecule has 32 heavy (non-hydrogen) atoms. The largest absolute Gasteiger partial charge is 0.483 e. The lowest BCUT2D eigenvalue weighted by Crippen LogP contribution is -2.45. The van der Waals surface area contributed by atoms with Gasteiger partial charge in [0.25, 0.3) is 12.4 Å². The maximum atomic E-state index is 13.9. The van der Waals surface area contributed by atoms with Crippen molar-refractivity contribution >= 4 is 18.3 Å². The molecule has 3 aliphatic heterocycles. The van der Waals surface area contributed by atoms with Gasteiger partial charge in [-0.1, -0.05) is 0 Å². The molecule has 3 fully saturated rings. The molecule has 0 aromatic heterocycles. The molecule has 0 radical (unpaired) electrons. The third-order valence-electron chi connectivity index (χ3n) is 6.51. The van der Waals surface area contributed by atoms with Gasteiger partial charge in [-0.15, -0.1) is 0 Å². The molecule has 8 nitrogen and oxygen atoms in total. The Morgan fingerprint density at radius 3 is 2.41 bits per heavy atom. The van der Waals surface area contributed by atoms with E-state index < -0.39 is 23.0 Å². The van der Waals surface area contributed by atoms with E-state index in [1.54, 1.807) is 0 Å². The maximum Gasteiger partial charge on any atom is 0.312 e. The number of ether oxygens (including phenoxy) is 1. The number of carbonyl (C=O) groups is 3. The van der Waals surface area contributed by atoms with Gasteiger partial charge >= 0.3 is 5.97 Å². The maximum absolute atomic E-state index is 13.9. The number of nitrogens with zero attached hydrogens (tertiary/aromatic N) is 2. The fourth-order valence-electron chi connectivity index (χ4n) is 4.71. The molecule has 3 heterocycles. The molecule has 10 heteroatoms. The van der Waals surface area contributed by atoms with E-state index in [-0.39, 0.29) is 30.2 Å². The van der Waals surface area contributed by atoms with Crippen molar-refractivity contribution in [1.82, 2.24) is 9.80 Å². The molecule has 1 aromatic rings. The summed E-state index contributed by atoms with van der Waals surface area (Å²) in [6, 6.07) is 2.93. The Labute approximate surface area is 184 Å². The summed E-state index contributed by atoms with van der Waals surface area (Å²) >= 11 is 0. The molecule has 1 atom stereocenters. The lowest BCUT2D eigenvalue weighted by molar-refractivity contribution is -0.151. The zero-order valence-electron chi connectivity index (χ0n) is 17.7. The smallest absolute Gasteiger partial charge is 0.312 e. The fourth-order valence-corrected chi connectivity index (χ4v) is 4.71. The molecule has 4 rings (SSSR count). The zero-order chi connectivity index (χ0) is 23.3. The summed E-state index contributed by atoms with van der Waals surface area (Å²) < 4.78 is 32.7. The predicted octanol–water partition coefficient (Wildman–Crippen LogP) is 1.66. The Kier molecular flexibility index (Phi) is 7.78. The number of likely N-dealkylation sites (tertiary alicyclic amines) is 2. The first-order valence-electron chi connectivity index (χ1n) is 10.7. The van der Waals surface area contributed by atoms with Crippen LogP contribution < -0.4 is 0 Å². The highest BCUT2D eigenvalue weighted by atomic mass is 19.1. The van der Waals surface area contributed by atoms with Crippen LogP contribution in [0.2, 0.25) is 0 Å². The molecule has 1 spiro atoms. The fraction of sp³-hybridized carbons (Fsp3) is 0.591. The number of hydrogen-bond donors (Lipinski definition) is 2. The zero-order valence-corrected chi connectivity index (χ0v) is 17.7. The van der Waals surface area contributed by atoms with E-state index in [0.717, 1.165) is 38.1 Å². The van der Waals surface area contributed by atoms with Crippen molar-refractivity contribution < 1.29 is 38.1 Å². The van der Waals surface area contributed by atoms with Crippen LogP contribution in [-0.2, 0) is 14.3 Å². The minimum absolute atomic E-state index is 0.151. The minimum Gasteiger partial charge on any atom is -0.483 e. The number of piperidine rings is 2. The van der Waals surface area contributed by atoms with Crippen LogP contribution in [0.4, 0.5) is 8.78 Å². The molecule has 1 unspecified atom stereocenters. The van der Waals surface area contributed by atoms with Gasteiger partial charge in [0.15, 0.2) is 0 Å². The lowest BCUT2D eigenvalue weighted by Gasteiger charge is -2.36. The van der Waals surface area contributed by atoms with Crippen molar-refractivity contribution in [3.05, 3.63) is 35.4 Å². The third kappa shape index (κ3) is 5.42. The molecule has 0 aliphatic carbocycles. The quantitative estimate of drug-likeness (QED) is 0.528. The van der Waals surface area contributed by atoms with Crippen molar-refractivity contribution in [3.8, 4) is 0 Å². The SMILES string of the molecule is O=C(c1ccc(F)cc1F)N1CCC2(CC1)CC(CN1CCC(O)CC1)OC2=O.O=CO. The summed E-state index contributed by atoms with van der Waals surface area (Å²) in [5.41, 5.74) is -0.737. The van der Waals surface area contributed by atoms with E-state index in [9.17, 15) is 23.5 Å². The van der Waals surface area contributed by atoms with Gasteiger partial charge in [-0.25, -0.2) is 8.78 Å². The Bertz CT molecular complexity index is 836. The highest BCUT2D eigenvalue weighted by Gasteiger charge is 2.51. The summed E-state index contributed by atoms with van der Waals surface area (Å²) in [7, 11) is 0. The molecule has 1 amide bonds. The number of aliphatic hydroxyl groups is 1.